The zero-order valence-electron chi connectivity index (χ0n) is 28.5. The Kier molecular flexibility index (Phi) is 12.2. The number of halogens is 8. The van der Waals surface area contributed by atoms with E-state index >= 15 is 0 Å². The van der Waals surface area contributed by atoms with Gasteiger partial charge in [0.1, 0.15) is 11.5 Å². The van der Waals surface area contributed by atoms with Crippen molar-refractivity contribution in [2.75, 3.05) is 0 Å². The Labute approximate surface area is 315 Å². The van der Waals surface area contributed by atoms with Gasteiger partial charge >= 0.3 is 24.6 Å². The maximum atomic E-state index is 14.7. The molecule has 2 N–H and O–H groups in total. The lowest BCUT2D eigenvalue weighted by Crippen LogP contribution is -2.43. The maximum absolute atomic E-state index is 14.7. The molecular weight excluding hydrogens is 785 g/mol. The van der Waals surface area contributed by atoms with Crippen molar-refractivity contribution in [2.24, 2.45) is 0 Å². The summed E-state index contributed by atoms with van der Waals surface area (Å²) in [6.45, 7) is -3.66. The molecule has 4 aromatic carbocycles. The molecule has 0 radical (unpaired) electrons. The van der Waals surface area contributed by atoms with Crippen LogP contribution in [0, 0.1) is 11.6 Å². The summed E-state index contributed by atoms with van der Waals surface area (Å²) in [4.78, 5) is 52.8. The minimum absolute atomic E-state index is 0.0286. The third-order valence-electron chi connectivity index (χ3n) is 7.85. The van der Waals surface area contributed by atoms with Crippen LogP contribution in [-0.2, 0) is 19.6 Å². The molecule has 0 spiro atoms. The van der Waals surface area contributed by atoms with Gasteiger partial charge in [0, 0.05) is 0 Å². The predicted molar refractivity (Wildman–Crippen MR) is 192 cm³/mol. The normalized spacial score (nSPS) is 11.7. The minimum atomic E-state index is -2.98. The van der Waals surface area contributed by atoms with Gasteiger partial charge in [0.25, 0.3) is 11.1 Å². The molecular formula is C36H28Cl2F6N4O7. The van der Waals surface area contributed by atoms with Gasteiger partial charge in [-0.3, -0.25) is 23.3 Å². The third kappa shape index (κ3) is 9.41. The van der Waals surface area contributed by atoms with Crippen molar-refractivity contribution in [3.05, 3.63) is 147 Å². The number of aliphatic hydroxyl groups is 1. The van der Waals surface area contributed by atoms with E-state index in [0.717, 1.165) is 13.7 Å². The summed E-state index contributed by atoms with van der Waals surface area (Å²) in [5, 5.41) is 9.60. The number of ether oxygens (including phenoxy) is 2. The molecule has 0 fully saturated rings. The first-order valence-electron chi connectivity index (χ1n) is 15.9. The summed E-state index contributed by atoms with van der Waals surface area (Å²) in [5.41, 5.74) is -4.08. The topological polar surface area (TPSA) is 138 Å². The van der Waals surface area contributed by atoms with Crippen LogP contribution in [0.15, 0.2) is 92.0 Å². The van der Waals surface area contributed by atoms with E-state index in [9.17, 15) is 50.6 Å². The van der Waals surface area contributed by atoms with Gasteiger partial charge in [-0.15, -0.1) is 0 Å². The maximum Gasteiger partial charge on any atom is 0.387 e. The molecule has 2 heterocycles. The van der Waals surface area contributed by atoms with Crippen LogP contribution >= 0.6 is 23.2 Å². The second-order valence-electron chi connectivity index (χ2n) is 12.5. The molecule has 0 aliphatic heterocycles. The van der Waals surface area contributed by atoms with Crippen LogP contribution in [0.1, 0.15) is 25.0 Å². The number of fused-ring (bicyclic) bond motifs is 2. The third-order valence-corrected chi connectivity index (χ3v) is 8.43. The molecule has 290 valence electrons. The fraction of sp³-hybridized carbons (Fsp3) is 0.222. The number of benzene rings is 4. The first-order chi connectivity index (χ1) is 25.8. The lowest BCUT2D eigenvalue weighted by Gasteiger charge is -2.22. The molecule has 0 bridgehead atoms. The zero-order valence-corrected chi connectivity index (χ0v) is 30.0. The Morgan fingerprint density at radius 1 is 0.673 bits per heavy atom. The number of nitrogens with zero attached hydrogens (tertiary/aromatic N) is 3. The van der Waals surface area contributed by atoms with E-state index in [0.29, 0.717) is 11.1 Å². The van der Waals surface area contributed by atoms with Crippen LogP contribution in [0.5, 0.6) is 11.5 Å². The van der Waals surface area contributed by atoms with E-state index in [-0.39, 0.29) is 63.0 Å². The Morgan fingerprint density at radius 2 is 1.13 bits per heavy atom. The number of H-pyrrole nitrogens is 1. The van der Waals surface area contributed by atoms with Crippen molar-refractivity contribution in [1.29, 1.82) is 0 Å². The highest BCUT2D eigenvalue weighted by atomic mass is 35.5. The Bertz CT molecular complexity index is 2600. The number of aromatic amines is 1. The summed E-state index contributed by atoms with van der Waals surface area (Å²) >= 11 is 11.5. The second-order valence-corrected chi connectivity index (χ2v) is 13.3. The van der Waals surface area contributed by atoms with E-state index < -0.39 is 53.0 Å². The predicted octanol–water partition coefficient (Wildman–Crippen LogP) is 6.51. The van der Waals surface area contributed by atoms with Crippen molar-refractivity contribution < 1.29 is 40.9 Å². The van der Waals surface area contributed by atoms with Crippen LogP contribution in [-0.4, -0.2) is 42.6 Å². The van der Waals surface area contributed by atoms with Gasteiger partial charge < -0.3 is 19.6 Å². The van der Waals surface area contributed by atoms with Crippen molar-refractivity contribution in [2.45, 2.75) is 52.3 Å². The van der Waals surface area contributed by atoms with Crippen molar-refractivity contribution in [3.8, 4) is 11.5 Å². The van der Waals surface area contributed by atoms with E-state index in [1.165, 1.54) is 86.6 Å². The lowest BCUT2D eigenvalue weighted by atomic mass is 10.1. The largest absolute Gasteiger partial charge is 0.435 e. The highest BCUT2D eigenvalue weighted by Crippen LogP contribution is 2.24. The van der Waals surface area contributed by atoms with Gasteiger partial charge in [-0.25, -0.2) is 18.4 Å². The van der Waals surface area contributed by atoms with Crippen LogP contribution in [0.25, 0.3) is 21.8 Å². The molecule has 55 heavy (non-hydrogen) atoms. The molecule has 0 amide bonds. The lowest BCUT2D eigenvalue weighted by molar-refractivity contribution is -0.0505. The fourth-order valence-electron chi connectivity index (χ4n) is 5.45. The van der Waals surface area contributed by atoms with Crippen LogP contribution in [0.3, 0.4) is 0 Å². The first kappa shape index (κ1) is 40.7. The number of hydrogen-bond donors (Lipinski definition) is 2. The molecule has 0 saturated heterocycles. The van der Waals surface area contributed by atoms with Crippen LogP contribution in [0.4, 0.5) is 26.3 Å². The molecule has 0 saturated carbocycles. The molecule has 11 nitrogen and oxygen atoms in total. The summed E-state index contributed by atoms with van der Waals surface area (Å²) in [6, 6.07) is 15.9. The quantitative estimate of drug-likeness (QED) is 0.151. The fourth-order valence-corrected chi connectivity index (χ4v) is 5.76. The second kappa shape index (κ2) is 16.5. The zero-order chi connectivity index (χ0) is 40.4. The van der Waals surface area contributed by atoms with Gasteiger partial charge in [0.2, 0.25) is 0 Å². The number of hydrogen-bond acceptors (Lipinski definition) is 7. The molecule has 19 heteroatoms. The van der Waals surface area contributed by atoms with Crippen LogP contribution in [0.2, 0.25) is 10.0 Å². The van der Waals surface area contributed by atoms with E-state index in [4.69, 9.17) is 23.2 Å². The summed E-state index contributed by atoms with van der Waals surface area (Å²) in [6.07, 6.45) is 0. The molecule has 6 aromatic rings. The average molecular weight is 814 g/mol. The van der Waals surface area contributed by atoms with Crippen LogP contribution < -0.4 is 32.0 Å². The number of alkyl halides is 4. The monoisotopic (exact) mass is 812 g/mol. The van der Waals surface area contributed by atoms with Gasteiger partial charge in [-0.1, -0.05) is 47.5 Å². The number of aromatic nitrogens is 4. The van der Waals surface area contributed by atoms with E-state index in [2.05, 4.69) is 14.5 Å². The molecule has 0 aliphatic rings. The molecule has 0 aliphatic carbocycles. The van der Waals surface area contributed by atoms with E-state index in [1.54, 1.807) is 0 Å². The first-order valence-corrected chi connectivity index (χ1v) is 16.6. The smallest absolute Gasteiger partial charge is 0.387 e. The van der Waals surface area contributed by atoms with Gasteiger partial charge in [0.15, 0.2) is 11.6 Å². The average Bonchev–Trinajstić information content (AvgIpc) is 3.11. The number of nitrogens with one attached hydrogen (secondary N) is 1. The summed E-state index contributed by atoms with van der Waals surface area (Å²) < 4.78 is 88.7. The Hall–Kier alpha value is -5.52. The Balaban J connectivity index is 0.000000214. The van der Waals surface area contributed by atoms with Gasteiger partial charge in [-0.05, 0) is 73.5 Å². The Morgan fingerprint density at radius 3 is 1.62 bits per heavy atom. The SMILES string of the molecule is CC(C)(O)Cn1c(=O)n(Cc2ccc(OC(F)F)cc2)c(=O)c2ccc(Cl)c(F)c21.O=c1[nH]c2c(F)c(Cl)ccc2c(=O)n1Cc1ccc(OC(F)F)cc1. The summed E-state index contributed by atoms with van der Waals surface area (Å²) in [7, 11) is 0. The standard InChI is InChI=1S/C20H18ClF3N2O4.C16H10ClF3N2O3/c1-20(2,29)10-26-16-13(7-8-14(21)15(16)22)17(27)25(19(26)28)9-11-3-5-12(6-4-11)30-18(23)24;17-11-6-5-10-13(12(11)18)21-16(24)22(14(10)23)7-8-1-3-9(4-2-8)25-15(19)20/h3-8,18,29H,9-10H2,1-2H3;1-6,15H,7H2,(H,21,24). The van der Waals surface area contributed by atoms with Gasteiger partial charge in [-0.2, -0.15) is 17.6 Å². The summed E-state index contributed by atoms with van der Waals surface area (Å²) in [5.74, 6) is -1.94. The molecule has 2 aromatic heterocycles. The molecule has 6 rings (SSSR count). The number of rotatable bonds is 10. The molecule has 0 unspecified atom stereocenters. The van der Waals surface area contributed by atoms with Gasteiger partial charge in [0.05, 0.1) is 57.1 Å². The highest BCUT2D eigenvalue weighted by molar-refractivity contribution is 6.31. The van der Waals surface area contributed by atoms with E-state index in [1.807, 2.05) is 0 Å². The minimum Gasteiger partial charge on any atom is -0.435 e. The molecule has 0 atom stereocenters. The van der Waals surface area contributed by atoms with Crippen molar-refractivity contribution >= 4 is 45.0 Å². The van der Waals surface area contributed by atoms with Crippen molar-refractivity contribution in [3.63, 3.8) is 0 Å². The van der Waals surface area contributed by atoms with Crippen molar-refractivity contribution in [1.82, 2.24) is 18.7 Å². The highest BCUT2D eigenvalue weighted by Gasteiger charge is 2.23.